The van der Waals surface area contributed by atoms with Crippen LogP contribution in [0.25, 0.3) is 5.76 Å². The van der Waals surface area contributed by atoms with Gasteiger partial charge in [0.05, 0.1) is 18.7 Å². The minimum atomic E-state index is -0.773. The summed E-state index contributed by atoms with van der Waals surface area (Å²) < 4.78 is 23.5. The SMILES string of the molecule is COCCCN1C(=O)C(=O)/C(=C(\O)c2ccc(F)cc2)C1c1ccc(OC)cc1. The van der Waals surface area contributed by atoms with Crippen molar-refractivity contribution in [3.63, 3.8) is 0 Å². The molecule has 3 rings (SSSR count). The van der Waals surface area contributed by atoms with E-state index < -0.39 is 23.5 Å². The zero-order valence-electron chi connectivity index (χ0n) is 16.2. The fraction of sp³-hybridized carbons (Fsp3) is 0.273. The number of carbonyl (C=O) groups is 2. The van der Waals surface area contributed by atoms with Crippen LogP contribution in [-0.2, 0) is 14.3 Å². The first kappa shape index (κ1) is 20.5. The van der Waals surface area contributed by atoms with E-state index in [1.807, 2.05) is 0 Å². The summed E-state index contributed by atoms with van der Waals surface area (Å²) in [5.74, 6) is -1.63. The van der Waals surface area contributed by atoms with E-state index in [-0.39, 0.29) is 23.4 Å². The second kappa shape index (κ2) is 8.87. The highest BCUT2D eigenvalue weighted by Crippen LogP contribution is 2.39. The Balaban J connectivity index is 2.09. The highest BCUT2D eigenvalue weighted by Gasteiger charge is 2.45. The third-order valence-corrected chi connectivity index (χ3v) is 4.84. The van der Waals surface area contributed by atoms with Gasteiger partial charge in [-0.05, 0) is 48.4 Å². The van der Waals surface area contributed by atoms with Gasteiger partial charge in [0.25, 0.3) is 11.7 Å². The molecule has 1 heterocycles. The fourth-order valence-electron chi connectivity index (χ4n) is 3.39. The monoisotopic (exact) mass is 399 g/mol. The lowest BCUT2D eigenvalue weighted by Crippen LogP contribution is -2.31. The van der Waals surface area contributed by atoms with Crippen LogP contribution in [0, 0.1) is 5.82 Å². The summed E-state index contributed by atoms with van der Waals surface area (Å²) in [6, 6.07) is 11.3. The molecule has 0 bridgehead atoms. The second-order valence-electron chi connectivity index (χ2n) is 6.62. The lowest BCUT2D eigenvalue weighted by molar-refractivity contribution is -0.140. The molecule has 1 atom stereocenters. The first-order valence-corrected chi connectivity index (χ1v) is 9.15. The Hall–Kier alpha value is -3.19. The van der Waals surface area contributed by atoms with Crippen LogP contribution in [0.4, 0.5) is 4.39 Å². The van der Waals surface area contributed by atoms with E-state index in [0.29, 0.717) is 24.3 Å². The normalized spacial score (nSPS) is 18.3. The molecule has 1 saturated heterocycles. The van der Waals surface area contributed by atoms with Crippen LogP contribution in [0.5, 0.6) is 5.75 Å². The number of carbonyl (C=O) groups excluding carboxylic acids is 2. The number of amides is 1. The molecular formula is C22H22FNO5. The van der Waals surface area contributed by atoms with Crippen molar-refractivity contribution in [1.82, 2.24) is 4.90 Å². The van der Waals surface area contributed by atoms with Gasteiger partial charge in [0.1, 0.15) is 17.3 Å². The number of aliphatic hydroxyl groups excluding tert-OH is 1. The van der Waals surface area contributed by atoms with Crippen LogP contribution in [0.3, 0.4) is 0 Å². The molecule has 1 amide bonds. The first-order chi connectivity index (χ1) is 14.0. The summed E-state index contributed by atoms with van der Waals surface area (Å²) in [6.07, 6.45) is 0.534. The largest absolute Gasteiger partial charge is 0.507 e. The highest BCUT2D eigenvalue weighted by molar-refractivity contribution is 6.46. The maximum Gasteiger partial charge on any atom is 0.295 e. The second-order valence-corrected chi connectivity index (χ2v) is 6.62. The smallest absolute Gasteiger partial charge is 0.295 e. The summed E-state index contributed by atoms with van der Waals surface area (Å²) >= 11 is 0. The Morgan fingerprint density at radius 2 is 1.72 bits per heavy atom. The van der Waals surface area contributed by atoms with Crippen molar-refractivity contribution in [2.75, 3.05) is 27.4 Å². The molecule has 0 aromatic heterocycles. The Kier molecular flexibility index (Phi) is 6.29. The van der Waals surface area contributed by atoms with Crippen LogP contribution in [-0.4, -0.2) is 49.1 Å². The molecule has 1 N–H and O–H groups in total. The summed E-state index contributed by atoms with van der Waals surface area (Å²) in [5, 5.41) is 10.8. The van der Waals surface area contributed by atoms with Crippen LogP contribution < -0.4 is 4.74 Å². The summed E-state index contributed by atoms with van der Waals surface area (Å²) in [6.45, 7) is 0.714. The lowest BCUT2D eigenvalue weighted by atomic mass is 9.95. The average Bonchev–Trinajstić information content (AvgIpc) is 2.99. The molecule has 1 unspecified atom stereocenters. The summed E-state index contributed by atoms with van der Waals surface area (Å²) in [4.78, 5) is 26.9. The number of likely N-dealkylation sites (tertiary alicyclic amines) is 1. The number of aliphatic hydroxyl groups is 1. The maximum absolute atomic E-state index is 13.3. The van der Waals surface area contributed by atoms with Crippen molar-refractivity contribution in [3.05, 3.63) is 71.0 Å². The first-order valence-electron chi connectivity index (χ1n) is 9.15. The van der Waals surface area contributed by atoms with Gasteiger partial charge in [0.2, 0.25) is 0 Å². The highest BCUT2D eigenvalue weighted by atomic mass is 19.1. The Morgan fingerprint density at radius 3 is 2.31 bits per heavy atom. The number of halogens is 1. The van der Waals surface area contributed by atoms with Crippen molar-refractivity contribution in [1.29, 1.82) is 0 Å². The molecule has 6 nitrogen and oxygen atoms in total. The van der Waals surface area contributed by atoms with E-state index in [1.54, 1.807) is 38.5 Å². The number of rotatable bonds is 7. The van der Waals surface area contributed by atoms with Crippen LogP contribution in [0.1, 0.15) is 23.6 Å². The molecule has 152 valence electrons. The number of hydrogen-bond donors (Lipinski definition) is 1. The zero-order chi connectivity index (χ0) is 21.0. The number of hydrogen-bond acceptors (Lipinski definition) is 5. The average molecular weight is 399 g/mol. The van der Waals surface area contributed by atoms with Gasteiger partial charge in [-0.25, -0.2) is 4.39 Å². The van der Waals surface area contributed by atoms with Crippen LogP contribution >= 0.6 is 0 Å². The van der Waals surface area contributed by atoms with Crippen molar-refractivity contribution < 1.29 is 28.6 Å². The standard InChI is InChI=1S/C22H22FNO5/c1-28-13-3-12-24-19(14-6-10-17(29-2)11-7-14)18(21(26)22(24)27)20(25)15-4-8-16(23)9-5-15/h4-11,19,25H,3,12-13H2,1-2H3/b20-18-. The third kappa shape index (κ3) is 4.14. The molecule has 1 fully saturated rings. The van der Waals surface area contributed by atoms with E-state index in [1.165, 1.54) is 29.2 Å². The van der Waals surface area contributed by atoms with E-state index in [0.717, 1.165) is 0 Å². The number of methoxy groups -OCH3 is 2. The topological polar surface area (TPSA) is 76.1 Å². The van der Waals surface area contributed by atoms with Crippen molar-refractivity contribution in [2.24, 2.45) is 0 Å². The van der Waals surface area contributed by atoms with Gasteiger partial charge in [-0.15, -0.1) is 0 Å². The fourth-order valence-corrected chi connectivity index (χ4v) is 3.39. The van der Waals surface area contributed by atoms with Crippen molar-refractivity contribution >= 4 is 17.4 Å². The molecule has 2 aromatic rings. The van der Waals surface area contributed by atoms with Gasteiger partial charge in [-0.3, -0.25) is 9.59 Å². The molecule has 29 heavy (non-hydrogen) atoms. The minimum absolute atomic E-state index is 0.0239. The van der Waals surface area contributed by atoms with Gasteiger partial charge in [0, 0.05) is 25.8 Å². The summed E-state index contributed by atoms with van der Waals surface area (Å²) in [5.41, 5.74) is 0.898. The molecule has 7 heteroatoms. The number of benzene rings is 2. The van der Waals surface area contributed by atoms with Crippen LogP contribution in [0.15, 0.2) is 54.1 Å². The number of ketones is 1. The molecule has 0 spiro atoms. The van der Waals surface area contributed by atoms with Crippen molar-refractivity contribution in [2.45, 2.75) is 12.5 Å². The van der Waals surface area contributed by atoms with Crippen molar-refractivity contribution in [3.8, 4) is 5.75 Å². The Bertz CT molecular complexity index is 921. The van der Waals surface area contributed by atoms with Gasteiger partial charge in [0.15, 0.2) is 0 Å². The van der Waals surface area contributed by atoms with Gasteiger partial charge >= 0.3 is 0 Å². The Labute approximate surface area is 168 Å². The quantitative estimate of drug-likeness (QED) is 0.335. The summed E-state index contributed by atoms with van der Waals surface area (Å²) in [7, 11) is 3.10. The molecule has 0 radical (unpaired) electrons. The molecule has 2 aromatic carbocycles. The van der Waals surface area contributed by atoms with E-state index in [4.69, 9.17) is 9.47 Å². The molecule has 1 aliphatic heterocycles. The van der Waals surface area contributed by atoms with Crippen LogP contribution in [0.2, 0.25) is 0 Å². The number of ether oxygens (including phenoxy) is 2. The minimum Gasteiger partial charge on any atom is -0.507 e. The van der Waals surface area contributed by atoms with Gasteiger partial charge < -0.3 is 19.5 Å². The predicted molar refractivity (Wildman–Crippen MR) is 105 cm³/mol. The van der Waals surface area contributed by atoms with E-state index >= 15 is 0 Å². The van der Waals surface area contributed by atoms with E-state index in [2.05, 4.69) is 0 Å². The maximum atomic E-state index is 13.3. The van der Waals surface area contributed by atoms with E-state index in [9.17, 15) is 19.1 Å². The Morgan fingerprint density at radius 1 is 1.07 bits per heavy atom. The molecule has 1 aliphatic rings. The molecule has 0 saturated carbocycles. The number of nitrogens with zero attached hydrogens (tertiary/aromatic N) is 1. The van der Waals surface area contributed by atoms with Gasteiger partial charge in [-0.1, -0.05) is 12.1 Å². The zero-order valence-corrected chi connectivity index (χ0v) is 16.2. The van der Waals surface area contributed by atoms with Gasteiger partial charge in [-0.2, -0.15) is 0 Å². The molecular weight excluding hydrogens is 377 g/mol. The third-order valence-electron chi connectivity index (χ3n) is 4.84. The number of Topliss-reactive ketones (excluding diaryl/α,β-unsaturated/α-hetero) is 1. The lowest BCUT2D eigenvalue weighted by Gasteiger charge is -2.25. The molecule has 0 aliphatic carbocycles. The predicted octanol–water partition coefficient (Wildman–Crippen LogP) is 3.29.